The molecule has 23 heavy (non-hydrogen) atoms. The van der Waals surface area contributed by atoms with Crippen LogP contribution in [0.1, 0.15) is 5.56 Å². The molecule has 0 saturated heterocycles. The Labute approximate surface area is 146 Å². The average Bonchev–Trinajstić information content (AvgIpc) is 2.54. The maximum atomic E-state index is 12.6. The molecule has 2 aromatic carbocycles. The van der Waals surface area contributed by atoms with E-state index in [9.17, 15) is 4.79 Å². The van der Waals surface area contributed by atoms with Gasteiger partial charge in [0.25, 0.3) is 0 Å². The number of hydrogen-bond donors (Lipinski definition) is 1. The van der Waals surface area contributed by atoms with Gasteiger partial charge in [-0.2, -0.15) is 0 Å². The van der Waals surface area contributed by atoms with E-state index < -0.39 is 0 Å². The second kappa shape index (κ2) is 8.70. The van der Waals surface area contributed by atoms with Crippen molar-refractivity contribution in [3.63, 3.8) is 0 Å². The minimum atomic E-state index is -0.0824. The molecule has 0 heterocycles. The number of benzene rings is 2. The molecule has 0 saturated carbocycles. The Balaban J connectivity index is 2.06. The maximum absolute atomic E-state index is 12.6. The molecule has 0 atom stereocenters. The van der Waals surface area contributed by atoms with E-state index in [1.54, 1.807) is 0 Å². The normalized spacial score (nSPS) is 10.6. The molecule has 4 nitrogen and oxygen atoms in total. The predicted octanol–water partition coefficient (Wildman–Crippen LogP) is 4.04. The van der Waals surface area contributed by atoms with Gasteiger partial charge in [-0.15, -0.1) is 0 Å². The number of nitrogens with zero attached hydrogens (tertiary/aromatic N) is 2. The van der Waals surface area contributed by atoms with Gasteiger partial charge in [-0.25, -0.2) is 4.79 Å². The van der Waals surface area contributed by atoms with Crippen LogP contribution in [0.15, 0.2) is 59.1 Å². The number of para-hydroxylation sites is 1. The first-order valence-corrected chi connectivity index (χ1v) is 8.34. The van der Waals surface area contributed by atoms with Gasteiger partial charge in [0, 0.05) is 29.8 Å². The van der Waals surface area contributed by atoms with E-state index in [0.717, 1.165) is 22.3 Å². The molecular weight excluding hydrogens is 354 g/mol. The predicted molar refractivity (Wildman–Crippen MR) is 98.6 cm³/mol. The van der Waals surface area contributed by atoms with E-state index in [2.05, 4.69) is 26.1 Å². The fraction of sp³-hybridized carbons (Fsp3) is 0.278. The molecule has 2 amide bonds. The third kappa shape index (κ3) is 6.04. The van der Waals surface area contributed by atoms with Crippen LogP contribution in [-0.2, 0) is 6.54 Å². The zero-order chi connectivity index (χ0) is 16.7. The third-order valence-corrected chi connectivity index (χ3v) is 3.94. The number of likely N-dealkylation sites (N-methyl/N-ethyl adjacent to an activating group) is 1. The summed E-state index contributed by atoms with van der Waals surface area (Å²) in [5, 5.41) is 2.96. The van der Waals surface area contributed by atoms with Crippen LogP contribution in [0.2, 0.25) is 0 Å². The minimum absolute atomic E-state index is 0.0824. The highest BCUT2D eigenvalue weighted by Gasteiger charge is 2.14. The Bertz CT molecular complexity index is 614. The number of nitrogens with one attached hydrogen (secondary N) is 1. The molecule has 0 bridgehead atoms. The van der Waals surface area contributed by atoms with Crippen molar-refractivity contribution in [2.45, 2.75) is 6.54 Å². The van der Waals surface area contributed by atoms with Gasteiger partial charge in [-0.3, -0.25) is 0 Å². The zero-order valence-corrected chi connectivity index (χ0v) is 15.1. The van der Waals surface area contributed by atoms with Crippen LogP contribution in [0.25, 0.3) is 0 Å². The second-order valence-corrected chi connectivity index (χ2v) is 6.56. The number of anilines is 1. The van der Waals surface area contributed by atoms with E-state index in [4.69, 9.17) is 0 Å². The molecule has 0 radical (unpaired) electrons. The monoisotopic (exact) mass is 375 g/mol. The summed E-state index contributed by atoms with van der Waals surface area (Å²) in [5.74, 6) is 0. The van der Waals surface area contributed by atoms with Crippen LogP contribution in [0.5, 0.6) is 0 Å². The van der Waals surface area contributed by atoms with E-state index in [1.165, 1.54) is 0 Å². The summed E-state index contributed by atoms with van der Waals surface area (Å²) in [7, 11) is 4.01. The molecule has 2 aromatic rings. The lowest BCUT2D eigenvalue weighted by Gasteiger charge is -2.25. The van der Waals surface area contributed by atoms with E-state index >= 15 is 0 Å². The van der Waals surface area contributed by atoms with E-state index in [0.29, 0.717) is 13.1 Å². The van der Waals surface area contributed by atoms with Crippen molar-refractivity contribution in [3.05, 3.63) is 64.6 Å². The fourth-order valence-electron chi connectivity index (χ4n) is 2.11. The van der Waals surface area contributed by atoms with Gasteiger partial charge >= 0.3 is 6.03 Å². The van der Waals surface area contributed by atoms with Gasteiger partial charge in [-0.1, -0.05) is 46.3 Å². The molecule has 0 aromatic heterocycles. The van der Waals surface area contributed by atoms with Crippen molar-refractivity contribution in [3.8, 4) is 0 Å². The molecule has 0 fully saturated rings. The molecule has 0 unspecified atom stereocenters. The molecule has 122 valence electrons. The van der Waals surface area contributed by atoms with Crippen molar-refractivity contribution >= 4 is 27.6 Å². The van der Waals surface area contributed by atoms with Crippen LogP contribution in [0.4, 0.5) is 10.5 Å². The summed E-state index contributed by atoms with van der Waals surface area (Å²) in [6, 6.07) is 17.5. The fourth-order valence-corrected chi connectivity index (χ4v) is 2.37. The summed E-state index contributed by atoms with van der Waals surface area (Å²) in [5.41, 5.74) is 1.92. The Morgan fingerprint density at radius 1 is 1.00 bits per heavy atom. The molecule has 0 aliphatic rings. The van der Waals surface area contributed by atoms with Gasteiger partial charge in [0.2, 0.25) is 0 Å². The number of carbonyl (C=O) groups excluding carboxylic acids is 1. The van der Waals surface area contributed by atoms with Crippen LogP contribution in [-0.4, -0.2) is 43.0 Å². The van der Waals surface area contributed by atoms with Crippen LogP contribution in [0.3, 0.4) is 0 Å². The van der Waals surface area contributed by atoms with Crippen molar-refractivity contribution in [1.29, 1.82) is 0 Å². The quantitative estimate of drug-likeness (QED) is 0.826. The van der Waals surface area contributed by atoms with E-state index in [-0.39, 0.29) is 6.03 Å². The summed E-state index contributed by atoms with van der Waals surface area (Å²) in [6.07, 6.45) is 0. The molecule has 5 heteroatoms. The number of hydrogen-bond acceptors (Lipinski definition) is 2. The van der Waals surface area contributed by atoms with Gasteiger partial charge in [0.1, 0.15) is 0 Å². The minimum Gasteiger partial charge on any atom is -0.319 e. The molecule has 0 aliphatic heterocycles. The molecular formula is C18H22BrN3O. The molecule has 1 N–H and O–H groups in total. The highest BCUT2D eigenvalue weighted by atomic mass is 79.9. The first-order valence-electron chi connectivity index (χ1n) is 7.55. The number of rotatable bonds is 6. The Hall–Kier alpha value is -1.85. The number of urea groups is 1. The van der Waals surface area contributed by atoms with Gasteiger partial charge in [-0.05, 0) is 43.9 Å². The molecule has 0 aliphatic carbocycles. The SMILES string of the molecule is CN(C)CCN(Cc1ccc(Br)cc1)C(=O)Nc1ccccc1. The Morgan fingerprint density at radius 2 is 1.65 bits per heavy atom. The van der Waals surface area contributed by atoms with Crippen molar-refractivity contribution in [2.75, 3.05) is 32.5 Å². The lowest BCUT2D eigenvalue weighted by Crippen LogP contribution is -2.39. The summed E-state index contributed by atoms with van der Waals surface area (Å²) < 4.78 is 1.04. The maximum Gasteiger partial charge on any atom is 0.322 e. The number of halogens is 1. The van der Waals surface area contributed by atoms with Gasteiger partial charge in [0.05, 0.1) is 0 Å². The average molecular weight is 376 g/mol. The molecule has 2 rings (SSSR count). The molecule has 0 spiro atoms. The van der Waals surface area contributed by atoms with E-state index in [1.807, 2.05) is 73.6 Å². The van der Waals surface area contributed by atoms with Crippen molar-refractivity contribution in [1.82, 2.24) is 9.80 Å². The second-order valence-electron chi connectivity index (χ2n) is 5.65. The van der Waals surface area contributed by atoms with Gasteiger partial charge in [0.15, 0.2) is 0 Å². The lowest BCUT2D eigenvalue weighted by molar-refractivity contribution is 0.202. The first kappa shape index (κ1) is 17.5. The van der Waals surface area contributed by atoms with Crippen LogP contribution in [0, 0.1) is 0 Å². The highest BCUT2D eigenvalue weighted by molar-refractivity contribution is 9.10. The number of carbonyl (C=O) groups is 1. The van der Waals surface area contributed by atoms with Crippen LogP contribution >= 0.6 is 15.9 Å². The smallest absolute Gasteiger partial charge is 0.319 e. The zero-order valence-electron chi connectivity index (χ0n) is 13.5. The largest absolute Gasteiger partial charge is 0.322 e. The topological polar surface area (TPSA) is 35.6 Å². The first-order chi connectivity index (χ1) is 11.0. The van der Waals surface area contributed by atoms with Gasteiger partial charge < -0.3 is 15.1 Å². The highest BCUT2D eigenvalue weighted by Crippen LogP contribution is 2.13. The third-order valence-electron chi connectivity index (χ3n) is 3.42. The Kier molecular flexibility index (Phi) is 6.62. The van der Waals surface area contributed by atoms with Crippen molar-refractivity contribution in [2.24, 2.45) is 0 Å². The number of amides is 2. The summed E-state index contributed by atoms with van der Waals surface area (Å²) >= 11 is 3.44. The summed E-state index contributed by atoms with van der Waals surface area (Å²) in [4.78, 5) is 16.5. The lowest BCUT2D eigenvalue weighted by atomic mass is 10.2. The summed E-state index contributed by atoms with van der Waals surface area (Å²) in [6.45, 7) is 2.07. The Morgan fingerprint density at radius 3 is 2.26 bits per heavy atom. The standard InChI is InChI=1S/C18H22BrN3O/c1-21(2)12-13-22(14-15-8-10-16(19)11-9-15)18(23)20-17-6-4-3-5-7-17/h3-11H,12-14H2,1-2H3,(H,20,23). The van der Waals surface area contributed by atoms with Crippen LogP contribution < -0.4 is 5.32 Å². The van der Waals surface area contributed by atoms with Crippen molar-refractivity contribution < 1.29 is 4.79 Å².